The molecule has 2 atom stereocenters. The monoisotopic (exact) mass is 566 g/mol. The van der Waals surface area contributed by atoms with Crippen LogP contribution >= 0.6 is 0 Å². The molecule has 0 bridgehead atoms. The predicted octanol–water partition coefficient (Wildman–Crippen LogP) is 5.55. The quantitative estimate of drug-likeness (QED) is 0.258. The molecule has 0 aliphatic rings. The fourth-order valence-corrected chi connectivity index (χ4v) is 4.41. The van der Waals surface area contributed by atoms with Gasteiger partial charge in [0.05, 0.1) is 0 Å². The fraction of sp³-hybridized carbons (Fsp3) is 0.500. The summed E-state index contributed by atoms with van der Waals surface area (Å²) in [7, 11) is 0. The molecule has 9 nitrogen and oxygen atoms in total. The third-order valence-corrected chi connectivity index (χ3v) is 6.56. The molecule has 4 N–H and O–H groups in total. The number of nitrogens with two attached hydrogens (primary N) is 1. The summed E-state index contributed by atoms with van der Waals surface area (Å²) in [5.41, 5.74) is 7.79. The number of hydrogen-bond acceptors (Lipinski definition) is 5. The molecule has 2 aromatic carbocycles. The Hall–Kier alpha value is -3.88. The average Bonchev–Trinajstić information content (AvgIpc) is 2.89. The van der Waals surface area contributed by atoms with Crippen LogP contribution in [0.5, 0.6) is 0 Å². The molecule has 0 saturated heterocycles. The number of nitrogens with zero attached hydrogens (tertiary/aromatic N) is 1. The Labute approximate surface area is 244 Å². The second kappa shape index (κ2) is 15.8. The van der Waals surface area contributed by atoms with Crippen molar-refractivity contribution in [2.45, 2.75) is 97.8 Å². The van der Waals surface area contributed by atoms with E-state index in [1.165, 1.54) is 4.90 Å². The van der Waals surface area contributed by atoms with Crippen LogP contribution < -0.4 is 16.4 Å². The van der Waals surface area contributed by atoms with Gasteiger partial charge in [-0.2, -0.15) is 0 Å². The lowest BCUT2D eigenvalue weighted by atomic mass is 9.99. The maximum Gasteiger partial charge on any atom is 0.408 e. The van der Waals surface area contributed by atoms with Crippen molar-refractivity contribution in [3.8, 4) is 0 Å². The van der Waals surface area contributed by atoms with E-state index in [-0.39, 0.29) is 25.3 Å². The Morgan fingerprint density at radius 1 is 0.951 bits per heavy atom. The van der Waals surface area contributed by atoms with Crippen LogP contribution in [0.1, 0.15) is 89.0 Å². The lowest BCUT2D eigenvalue weighted by Crippen LogP contribution is -2.52. The van der Waals surface area contributed by atoms with Gasteiger partial charge in [0, 0.05) is 18.7 Å². The van der Waals surface area contributed by atoms with Crippen molar-refractivity contribution in [1.29, 1.82) is 0 Å². The zero-order valence-electron chi connectivity index (χ0n) is 25.3. The van der Waals surface area contributed by atoms with E-state index < -0.39 is 35.6 Å². The molecule has 0 radical (unpaired) electrons. The van der Waals surface area contributed by atoms with E-state index in [4.69, 9.17) is 10.5 Å². The summed E-state index contributed by atoms with van der Waals surface area (Å²) in [6.07, 6.45) is 2.57. The van der Waals surface area contributed by atoms with Gasteiger partial charge in [0.2, 0.25) is 11.8 Å². The molecule has 0 aliphatic heterocycles. The van der Waals surface area contributed by atoms with Crippen molar-refractivity contribution >= 4 is 29.5 Å². The maximum absolute atomic E-state index is 14.2. The number of hydrogen-bond donors (Lipinski definition) is 3. The third-order valence-electron chi connectivity index (χ3n) is 6.56. The number of anilines is 1. The minimum atomic E-state index is -1.12. The van der Waals surface area contributed by atoms with Gasteiger partial charge < -0.3 is 26.0 Å². The molecular weight excluding hydrogens is 520 g/mol. The van der Waals surface area contributed by atoms with Crippen LogP contribution in [-0.2, 0) is 19.1 Å². The number of unbranched alkanes of at least 4 members (excludes halogenated alkanes) is 3. The summed E-state index contributed by atoms with van der Waals surface area (Å²) in [6, 6.07) is 12.8. The van der Waals surface area contributed by atoms with Gasteiger partial charge in [-0.25, -0.2) is 4.79 Å². The van der Waals surface area contributed by atoms with Gasteiger partial charge in [0.15, 0.2) is 0 Å². The molecule has 0 aliphatic carbocycles. The van der Waals surface area contributed by atoms with E-state index >= 15 is 0 Å². The number of nitrogens with one attached hydrogen (secondary N) is 2. The lowest BCUT2D eigenvalue weighted by Gasteiger charge is -2.34. The first-order chi connectivity index (χ1) is 19.3. The molecule has 224 valence electrons. The Kier molecular flexibility index (Phi) is 12.8. The van der Waals surface area contributed by atoms with Crippen LogP contribution in [0.25, 0.3) is 0 Å². The molecule has 9 heteroatoms. The number of carbonyl (C=O) groups is 4. The van der Waals surface area contributed by atoms with E-state index in [2.05, 4.69) is 17.6 Å². The zero-order chi connectivity index (χ0) is 30.6. The number of benzene rings is 2. The van der Waals surface area contributed by atoms with Crippen molar-refractivity contribution in [1.82, 2.24) is 10.2 Å². The standard InChI is InChI=1S/C32H46N4O5/c1-7-8-9-12-21-36(30(39)26(19-20-27(33)37)35-31(40)41-32(4,5)6)28(24-17-15-22(2)16-18-24)29(38)34-25-14-11-10-13-23(25)3/h10-11,13-18,26,28H,7-9,12,19-21H2,1-6H3,(H2,33,37)(H,34,38)(H,35,40). The smallest absolute Gasteiger partial charge is 0.408 e. The zero-order valence-corrected chi connectivity index (χ0v) is 25.3. The topological polar surface area (TPSA) is 131 Å². The highest BCUT2D eigenvalue weighted by Crippen LogP contribution is 2.27. The first-order valence-corrected chi connectivity index (χ1v) is 14.3. The van der Waals surface area contributed by atoms with Crippen molar-refractivity contribution in [2.75, 3.05) is 11.9 Å². The third kappa shape index (κ3) is 11.3. The first kappa shape index (κ1) is 33.3. The van der Waals surface area contributed by atoms with Gasteiger partial charge in [-0.1, -0.05) is 74.2 Å². The van der Waals surface area contributed by atoms with Gasteiger partial charge >= 0.3 is 6.09 Å². The summed E-state index contributed by atoms with van der Waals surface area (Å²) in [5.74, 6) is -1.47. The molecule has 0 fully saturated rings. The lowest BCUT2D eigenvalue weighted by molar-refractivity contribution is -0.141. The summed E-state index contributed by atoms with van der Waals surface area (Å²) in [6.45, 7) is 11.4. The Bertz CT molecular complexity index is 1170. The number of primary amides is 1. The van der Waals surface area contributed by atoms with E-state index in [0.717, 1.165) is 30.4 Å². The van der Waals surface area contributed by atoms with Crippen molar-refractivity contribution < 1.29 is 23.9 Å². The van der Waals surface area contributed by atoms with Crippen molar-refractivity contribution in [3.63, 3.8) is 0 Å². The molecule has 41 heavy (non-hydrogen) atoms. The van der Waals surface area contributed by atoms with Gasteiger partial charge in [0.25, 0.3) is 5.91 Å². The molecule has 0 spiro atoms. The summed E-state index contributed by atoms with van der Waals surface area (Å²) >= 11 is 0. The molecule has 0 saturated carbocycles. The SMILES string of the molecule is CCCCCCN(C(=O)C(CCC(N)=O)NC(=O)OC(C)(C)C)C(C(=O)Nc1ccccc1C)c1ccc(C)cc1. The summed E-state index contributed by atoms with van der Waals surface area (Å²) in [4.78, 5) is 54.2. The summed E-state index contributed by atoms with van der Waals surface area (Å²) < 4.78 is 5.40. The molecule has 0 aromatic heterocycles. The van der Waals surface area contributed by atoms with E-state index in [0.29, 0.717) is 17.7 Å². The Morgan fingerprint density at radius 2 is 1.61 bits per heavy atom. The molecule has 2 aromatic rings. The van der Waals surface area contributed by atoms with Gasteiger partial charge in [0.1, 0.15) is 17.7 Å². The molecule has 4 amide bonds. The number of amides is 4. The molecule has 2 rings (SSSR count). The minimum absolute atomic E-state index is 0.0289. The largest absolute Gasteiger partial charge is 0.444 e. The van der Waals surface area contributed by atoms with Gasteiger partial charge in [-0.15, -0.1) is 0 Å². The van der Waals surface area contributed by atoms with Gasteiger partial charge in [-0.3, -0.25) is 14.4 Å². The second-order valence-corrected chi connectivity index (χ2v) is 11.4. The maximum atomic E-state index is 14.2. The van der Waals surface area contributed by atoms with E-state index in [9.17, 15) is 19.2 Å². The number of para-hydroxylation sites is 1. The van der Waals surface area contributed by atoms with Crippen LogP contribution in [-0.4, -0.2) is 46.9 Å². The Balaban J connectivity index is 2.54. The van der Waals surface area contributed by atoms with E-state index in [1.807, 2.05) is 62.4 Å². The minimum Gasteiger partial charge on any atom is -0.444 e. The van der Waals surface area contributed by atoms with Crippen molar-refractivity contribution in [3.05, 3.63) is 65.2 Å². The first-order valence-electron chi connectivity index (χ1n) is 14.3. The second-order valence-electron chi connectivity index (χ2n) is 11.4. The van der Waals surface area contributed by atoms with E-state index in [1.54, 1.807) is 20.8 Å². The Morgan fingerprint density at radius 3 is 2.20 bits per heavy atom. The number of ether oxygens (including phenoxy) is 1. The van der Waals surface area contributed by atoms with Crippen LogP contribution in [0, 0.1) is 13.8 Å². The summed E-state index contributed by atoms with van der Waals surface area (Å²) in [5, 5.41) is 5.63. The van der Waals surface area contributed by atoms with Crippen LogP contribution in [0.3, 0.4) is 0 Å². The van der Waals surface area contributed by atoms with Crippen molar-refractivity contribution in [2.24, 2.45) is 5.73 Å². The normalized spacial score (nSPS) is 12.6. The van der Waals surface area contributed by atoms with Gasteiger partial charge in [-0.05, 0) is 64.7 Å². The highest BCUT2D eigenvalue weighted by Gasteiger charge is 2.36. The van der Waals surface area contributed by atoms with Crippen LogP contribution in [0.15, 0.2) is 48.5 Å². The van der Waals surface area contributed by atoms with Crippen LogP contribution in [0.2, 0.25) is 0 Å². The predicted molar refractivity (Wildman–Crippen MR) is 161 cm³/mol. The number of alkyl carbamates (subject to hydrolysis) is 1. The number of carbonyl (C=O) groups excluding carboxylic acids is 4. The number of aryl methyl sites for hydroxylation is 2. The molecule has 2 unspecified atom stereocenters. The van der Waals surface area contributed by atoms with Crippen LogP contribution in [0.4, 0.5) is 10.5 Å². The fourth-order valence-electron chi connectivity index (χ4n) is 4.41. The average molecular weight is 567 g/mol. The highest BCUT2D eigenvalue weighted by atomic mass is 16.6. The highest BCUT2D eigenvalue weighted by molar-refractivity contribution is 5.99. The molecule has 0 heterocycles. The number of rotatable bonds is 14. The molecular formula is C32H46N4O5.